The summed E-state index contributed by atoms with van der Waals surface area (Å²) in [7, 11) is 3.11. The lowest BCUT2D eigenvalue weighted by atomic mass is 9.99. The molecule has 0 radical (unpaired) electrons. The lowest BCUT2D eigenvalue weighted by Gasteiger charge is -2.14. The van der Waals surface area contributed by atoms with E-state index in [1.807, 2.05) is 24.4 Å². The molecule has 28 heavy (non-hydrogen) atoms. The van der Waals surface area contributed by atoms with Crippen molar-refractivity contribution in [3.63, 3.8) is 0 Å². The average molecular weight is 381 g/mol. The Labute approximate surface area is 163 Å². The third-order valence-corrected chi connectivity index (χ3v) is 4.62. The van der Waals surface area contributed by atoms with E-state index in [4.69, 9.17) is 14.2 Å². The summed E-state index contributed by atoms with van der Waals surface area (Å²) in [5, 5.41) is 1.05. The number of nitrogens with one attached hydrogen (secondary N) is 1. The molecule has 1 N–H and O–H groups in total. The monoisotopic (exact) mass is 381 g/mol. The molecule has 0 aliphatic rings. The van der Waals surface area contributed by atoms with Gasteiger partial charge in [0.2, 0.25) is 0 Å². The fourth-order valence-corrected chi connectivity index (χ4v) is 3.30. The molecule has 0 amide bonds. The number of methoxy groups -OCH3 is 2. The van der Waals surface area contributed by atoms with E-state index in [1.54, 1.807) is 33.3 Å². The van der Waals surface area contributed by atoms with Crippen LogP contribution in [0.3, 0.4) is 0 Å². The Bertz CT molecular complexity index is 1010. The van der Waals surface area contributed by atoms with Gasteiger partial charge in [0.15, 0.2) is 11.5 Å². The third kappa shape index (κ3) is 3.86. The molecule has 0 saturated heterocycles. The Morgan fingerprint density at radius 2 is 1.96 bits per heavy atom. The van der Waals surface area contributed by atoms with E-state index in [1.165, 1.54) is 0 Å². The van der Waals surface area contributed by atoms with E-state index in [0.717, 1.165) is 33.9 Å². The van der Waals surface area contributed by atoms with Crippen molar-refractivity contribution in [1.29, 1.82) is 0 Å². The molecule has 3 aromatic rings. The van der Waals surface area contributed by atoms with Crippen molar-refractivity contribution >= 4 is 23.2 Å². The van der Waals surface area contributed by atoms with Gasteiger partial charge in [-0.2, -0.15) is 0 Å². The SMILES string of the molecule is CCOC(=O)CCc1c[nH]c2cc(-c3cc(C=O)cc(OC)c3OC)ccc12. The molecule has 6 heteroatoms. The molecule has 1 aromatic heterocycles. The standard InChI is InChI=1S/C22H23NO5/c1-4-28-21(25)8-6-16-12-23-19-11-15(5-7-17(16)19)18-9-14(13-24)10-20(26-2)22(18)27-3/h5,7,9-13,23H,4,6,8H2,1-3H3. The summed E-state index contributed by atoms with van der Waals surface area (Å²) in [6, 6.07) is 9.39. The first kappa shape index (κ1) is 19.5. The van der Waals surface area contributed by atoms with E-state index in [2.05, 4.69) is 4.98 Å². The normalized spacial score (nSPS) is 10.7. The van der Waals surface area contributed by atoms with E-state index >= 15 is 0 Å². The van der Waals surface area contributed by atoms with Crippen molar-refractivity contribution < 1.29 is 23.8 Å². The number of rotatable bonds is 8. The van der Waals surface area contributed by atoms with Crippen LogP contribution in [0.25, 0.3) is 22.0 Å². The lowest BCUT2D eigenvalue weighted by Crippen LogP contribution is -2.04. The van der Waals surface area contributed by atoms with Crippen molar-refractivity contribution in [2.24, 2.45) is 0 Å². The summed E-state index contributed by atoms with van der Waals surface area (Å²) in [6.07, 6.45) is 3.64. The molecule has 0 spiro atoms. The highest BCUT2D eigenvalue weighted by Gasteiger charge is 2.15. The van der Waals surface area contributed by atoms with Gasteiger partial charge in [-0.1, -0.05) is 12.1 Å². The quantitative estimate of drug-likeness (QED) is 0.468. The van der Waals surface area contributed by atoms with Crippen LogP contribution in [0, 0.1) is 0 Å². The summed E-state index contributed by atoms with van der Waals surface area (Å²) < 4.78 is 15.9. The molecule has 0 saturated carbocycles. The average Bonchev–Trinajstić information content (AvgIpc) is 3.13. The predicted octanol–water partition coefficient (Wildman–Crippen LogP) is 4.16. The van der Waals surface area contributed by atoms with Crippen LogP contribution in [-0.2, 0) is 16.0 Å². The number of fused-ring (bicyclic) bond motifs is 1. The maximum Gasteiger partial charge on any atom is 0.306 e. The zero-order valence-corrected chi connectivity index (χ0v) is 16.2. The molecule has 0 bridgehead atoms. The number of aldehydes is 1. The van der Waals surface area contributed by atoms with Gasteiger partial charge in [-0.25, -0.2) is 0 Å². The number of aryl methyl sites for hydroxylation is 1. The molecule has 0 fully saturated rings. The smallest absolute Gasteiger partial charge is 0.306 e. The summed E-state index contributed by atoms with van der Waals surface area (Å²) in [5.74, 6) is 0.876. The van der Waals surface area contributed by atoms with Crippen molar-refractivity contribution in [1.82, 2.24) is 4.98 Å². The van der Waals surface area contributed by atoms with Gasteiger partial charge in [0, 0.05) is 34.6 Å². The zero-order chi connectivity index (χ0) is 20.1. The van der Waals surface area contributed by atoms with E-state index in [0.29, 0.717) is 36.5 Å². The Morgan fingerprint density at radius 1 is 1.14 bits per heavy atom. The minimum absolute atomic E-state index is 0.198. The number of ether oxygens (including phenoxy) is 3. The molecule has 0 aliphatic carbocycles. The van der Waals surface area contributed by atoms with Crippen LogP contribution in [-0.4, -0.2) is 38.1 Å². The van der Waals surface area contributed by atoms with Crippen molar-refractivity contribution in [2.45, 2.75) is 19.8 Å². The number of carbonyl (C=O) groups is 2. The van der Waals surface area contributed by atoms with E-state index in [-0.39, 0.29) is 5.97 Å². The minimum Gasteiger partial charge on any atom is -0.493 e. The Hall–Kier alpha value is -3.28. The number of hydrogen-bond acceptors (Lipinski definition) is 5. The van der Waals surface area contributed by atoms with Crippen molar-refractivity contribution in [3.05, 3.63) is 47.7 Å². The number of esters is 1. The number of benzene rings is 2. The van der Waals surface area contributed by atoms with Gasteiger partial charge in [-0.15, -0.1) is 0 Å². The highest BCUT2D eigenvalue weighted by Crippen LogP contribution is 2.40. The molecule has 2 aromatic carbocycles. The van der Waals surface area contributed by atoms with Gasteiger partial charge in [-0.05, 0) is 42.7 Å². The van der Waals surface area contributed by atoms with Gasteiger partial charge < -0.3 is 19.2 Å². The fraction of sp³-hybridized carbons (Fsp3) is 0.273. The molecule has 0 atom stereocenters. The van der Waals surface area contributed by atoms with E-state index in [9.17, 15) is 9.59 Å². The summed E-state index contributed by atoms with van der Waals surface area (Å²) in [4.78, 5) is 26.2. The van der Waals surface area contributed by atoms with Crippen LogP contribution in [0.4, 0.5) is 0 Å². The minimum atomic E-state index is -0.198. The number of carbonyl (C=O) groups excluding carboxylic acids is 2. The summed E-state index contributed by atoms with van der Waals surface area (Å²) in [5.41, 5.74) is 4.17. The molecule has 0 aliphatic heterocycles. The summed E-state index contributed by atoms with van der Waals surface area (Å²) >= 11 is 0. The summed E-state index contributed by atoms with van der Waals surface area (Å²) in [6.45, 7) is 2.19. The second-order valence-electron chi connectivity index (χ2n) is 6.30. The molecular weight excluding hydrogens is 358 g/mol. The number of aromatic nitrogens is 1. The van der Waals surface area contributed by atoms with Crippen LogP contribution in [0.15, 0.2) is 36.5 Å². The highest BCUT2D eigenvalue weighted by atomic mass is 16.5. The van der Waals surface area contributed by atoms with Crippen LogP contribution in [0.5, 0.6) is 11.5 Å². The van der Waals surface area contributed by atoms with Gasteiger partial charge in [0.05, 0.1) is 20.8 Å². The molecule has 1 heterocycles. The molecular formula is C22H23NO5. The van der Waals surface area contributed by atoms with Crippen LogP contribution in [0.1, 0.15) is 29.3 Å². The largest absolute Gasteiger partial charge is 0.493 e. The highest BCUT2D eigenvalue weighted by molar-refractivity contribution is 5.91. The lowest BCUT2D eigenvalue weighted by molar-refractivity contribution is -0.143. The number of hydrogen-bond donors (Lipinski definition) is 1. The maximum atomic E-state index is 11.6. The van der Waals surface area contributed by atoms with Gasteiger partial charge in [0.1, 0.15) is 6.29 Å². The van der Waals surface area contributed by atoms with Gasteiger partial charge >= 0.3 is 5.97 Å². The predicted molar refractivity (Wildman–Crippen MR) is 107 cm³/mol. The van der Waals surface area contributed by atoms with Crippen molar-refractivity contribution in [2.75, 3.05) is 20.8 Å². The van der Waals surface area contributed by atoms with Crippen LogP contribution < -0.4 is 9.47 Å². The van der Waals surface area contributed by atoms with Crippen molar-refractivity contribution in [3.8, 4) is 22.6 Å². The number of aromatic amines is 1. The Kier molecular flexibility index (Phi) is 5.99. The molecule has 3 rings (SSSR count). The Balaban J connectivity index is 1.98. The van der Waals surface area contributed by atoms with Crippen LogP contribution >= 0.6 is 0 Å². The molecule has 146 valence electrons. The fourth-order valence-electron chi connectivity index (χ4n) is 3.30. The Morgan fingerprint density at radius 3 is 2.64 bits per heavy atom. The first-order valence-electron chi connectivity index (χ1n) is 9.08. The first-order chi connectivity index (χ1) is 13.6. The topological polar surface area (TPSA) is 77.6 Å². The molecule has 6 nitrogen and oxygen atoms in total. The van der Waals surface area contributed by atoms with Crippen LogP contribution in [0.2, 0.25) is 0 Å². The maximum absolute atomic E-state index is 11.6. The first-order valence-corrected chi connectivity index (χ1v) is 9.08. The number of H-pyrrole nitrogens is 1. The third-order valence-electron chi connectivity index (χ3n) is 4.62. The van der Waals surface area contributed by atoms with E-state index < -0.39 is 0 Å². The second kappa shape index (κ2) is 8.61. The van der Waals surface area contributed by atoms with Gasteiger partial charge in [-0.3, -0.25) is 9.59 Å². The molecule has 0 unspecified atom stereocenters. The second-order valence-corrected chi connectivity index (χ2v) is 6.30. The van der Waals surface area contributed by atoms with Gasteiger partial charge in [0.25, 0.3) is 0 Å². The zero-order valence-electron chi connectivity index (χ0n) is 16.2.